The second-order valence-electron chi connectivity index (χ2n) is 7.98. The van der Waals surface area contributed by atoms with Gasteiger partial charge < -0.3 is 14.5 Å². The summed E-state index contributed by atoms with van der Waals surface area (Å²) in [6.07, 6.45) is 0.361. The SMILES string of the molecule is COCc1nc(C)nc(N2CCN(C(=O)c3ccccc3Cl)CC2)c1Cc1ccccc1F. The van der Waals surface area contributed by atoms with E-state index in [0.717, 1.165) is 17.1 Å². The van der Waals surface area contributed by atoms with Gasteiger partial charge in [0, 0.05) is 45.3 Å². The van der Waals surface area contributed by atoms with Crippen molar-refractivity contribution in [2.75, 3.05) is 38.2 Å². The Hall–Kier alpha value is -3.03. The maximum absolute atomic E-state index is 14.4. The van der Waals surface area contributed by atoms with Crippen molar-refractivity contribution in [3.8, 4) is 0 Å². The molecule has 1 aliphatic rings. The van der Waals surface area contributed by atoms with Crippen LogP contribution < -0.4 is 4.90 Å². The number of nitrogens with zero attached hydrogens (tertiary/aromatic N) is 4. The van der Waals surface area contributed by atoms with E-state index in [1.165, 1.54) is 6.07 Å². The Morgan fingerprint density at radius 2 is 1.76 bits per heavy atom. The summed E-state index contributed by atoms with van der Waals surface area (Å²) >= 11 is 6.22. The van der Waals surface area contributed by atoms with Crippen molar-refractivity contribution in [3.05, 3.63) is 87.6 Å². The molecule has 0 aliphatic carbocycles. The van der Waals surface area contributed by atoms with Crippen LogP contribution in [0.15, 0.2) is 48.5 Å². The van der Waals surface area contributed by atoms with Crippen LogP contribution in [0.3, 0.4) is 0 Å². The Bertz CT molecular complexity index is 1150. The molecule has 0 bridgehead atoms. The molecule has 0 unspecified atom stereocenters. The van der Waals surface area contributed by atoms with Gasteiger partial charge in [-0.15, -0.1) is 0 Å². The second-order valence-corrected chi connectivity index (χ2v) is 8.39. The van der Waals surface area contributed by atoms with Crippen LogP contribution in [0.2, 0.25) is 5.02 Å². The summed E-state index contributed by atoms with van der Waals surface area (Å²) in [5, 5.41) is 0.452. The molecule has 0 saturated carbocycles. The molecule has 0 spiro atoms. The summed E-state index contributed by atoms with van der Waals surface area (Å²) in [6.45, 7) is 4.42. The number of carbonyl (C=O) groups excluding carboxylic acids is 1. The summed E-state index contributed by atoms with van der Waals surface area (Å²) < 4.78 is 19.8. The third-order valence-corrected chi connectivity index (χ3v) is 6.09. The number of methoxy groups -OCH3 is 1. The van der Waals surface area contributed by atoms with Gasteiger partial charge in [0.2, 0.25) is 0 Å². The molecular formula is C25H26ClFN4O2. The standard InChI is InChI=1S/C25H26ClFN4O2/c1-17-28-23(16-33-2)20(15-18-7-3-6-10-22(18)27)24(29-17)30-11-13-31(14-12-30)25(32)19-8-4-5-9-21(19)26/h3-10H,11-16H2,1-2H3. The summed E-state index contributed by atoms with van der Waals surface area (Å²) in [5.74, 6) is 1.06. The van der Waals surface area contributed by atoms with Crippen LogP contribution in [0.25, 0.3) is 0 Å². The van der Waals surface area contributed by atoms with Crippen LogP contribution in [-0.2, 0) is 17.8 Å². The van der Waals surface area contributed by atoms with Crippen LogP contribution in [0.5, 0.6) is 0 Å². The number of piperazine rings is 1. The summed E-state index contributed by atoms with van der Waals surface area (Å²) in [5.41, 5.74) is 2.68. The maximum Gasteiger partial charge on any atom is 0.255 e. The fraction of sp³-hybridized carbons (Fsp3) is 0.320. The first-order chi connectivity index (χ1) is 16.0. The highest BCUT2D eigenvalue weighted by Gasteiger charge is 2.27. The molecule has 2 heterocycles. The zero-order chi connectivity index (χ0) is 23.4. The second kappa shape index (κ2) is 10.3. The molecule has 172 valence electrons. The van der Waals surface area contributed by atoms with E-state index in [4.69, 9.17) is 21.3 Å². The number of hydrogen-bond donors (Lipinski definition) is 0. The lowest BCUT2D eigenvalue weighted by Gasteiger charge is -2.36. The van der Waals surface area contributed by atoms with Gasteiger partial charge in [-0.1, -0.05) is 41.9 Å². The lowest BCUT2D eigenvalue weighted by atomic mass is 10.0. The van der Waals surface area contributed by atoms with Gasteiger partial charge in [0.15, 0.2) is 0 Å². The molecule has 1 aliphatic heterocycles. The van der Waals surface area contributed by atoms with Gasteiger partial charge in [0.1, 0.15) is 17.5 Å². The van der Waals surface area contributed by atoms with Crippen LogP contribution in [0.4, 0.5) is 10.2 Å². The van der Waals surface area contributed by atoms with Gasteiger partial charge >= 0.3 is 0 Å². The average Bonchev–Trinajstić information content (AvgIpc) is 2.82. The van der Waals surface area contributed by atoms with Crippen molar-refractivity contribution in [3.63, 3.8) is 0 Å². The maximum atomic E-state index is 14.4. The van der Waals surface area contributed by atoms with Gasteiger partial charge in [-0.05, 0) is 30.7 Å². The van der Waals surface area contributed by atoms with Crippen molar-refractivity contribution in [2.45, 2.75) is 20.0 Å². The Balaban J connectivity index is 1.59. The van der Waals surface area contributed by atoms with Crippen LogP contribution >= 0.6 is 11.6 Å². The summed E-state index contributed by atoms with van der Waals surface area (Å²) in [7, 11) is 1.61. The smallest absolute Gasteiger partial charge is 0.255 e. The van der Waals surface area contributed by atoms with E-state index in [9.17, 15) is 9.18 Å². The summed E-state index contributed by atoms with van der Waals surface area (Å²) in [6, 6.07) is 13.8. The minimum atomic E-state index is -0.262. The molecule has 3 aromatic rings. The normalized spacial score (nSPS) is 13.9. The molecule has 1 amide bonds. The number of aromatic nitrogens is 2. The number of aryl methyl sites for hydroxylation is 1. The Labute approximate surface area is 198 Å². The Kier molecular flexibility index (Phi) is 7.20. The van der Waals surface area contributed by atoms with E-state index in [1.807, 2.05) is 25.1 Å². The molecular weight excluding hydrogens is 443 g/mol. The topological polar surface area (TPSA) is 58.6 Å². The van der Waals surface area contributed by atoms with Crippen molar-refractivity contribution >= 4 is 23.3 Å². The number of anilines is 1. The molecule has 2 aromatic carbocycles. The lowest BCUT2D eigenvalue weighted by molar-refractivity contribution is 0.0746. The fourth-order valence-electron chi connectivity index (χ4n) is 4.09. The number of ether oxygens (including phenoxy) is 1. The molecule has 33 heavy (non-hydrogen) atoms. The van der Waals surface area contributed by atoms with E-state index in [2.05, 4.69) is 9.88 Å². The third-order valence-electron chi connectivity index (χ3n) is 5.76. The lowest BCUT2D eigenvalue weighted by Crippen LogP contribution is -2.49. The van der Waals surface area contributed by atoms with E-state index >= 15 is 0 Å². The quantitative estimate of drug-likeness (QED) is 0.540. The van der Waals surface area contributed by atoms with Crippen LogP contribution in [0, 0.1) is 12.7 Å². The molecule has 6 nitrogen and oxygen atoms in total. The minimum Gasteiger partial charge on any atom is -0.378 e. The molecule has 0 atom stereocenters. The molecule has 1 saturated heterocycles. The molecule has 0 N–H and O–H groups in total. The van der Waals surface area contributed by atoms with Crippen molar-refractivity contribution in [1.29, 1.82) is 0 Å². The molecule has 1 fully saturated rings. The largest absolute Gasteiger partial charge is 0.378 e. The number of halogens is 2. The fourth-order valence-corrected chi connectivity index (χ4v) is 4.31. The van der Waals surface area contributed by atoms with Gasteiger partial charge in [0.05, 0.1) is 22.9 Å². The molecule has 1 aromatic heterocycles. The van der Waals surface area contributed by atoms with Gasteiger partial charge in [-0.3, -0.25) is 4.79 Å². The molecule has 4 rings (SSSR count). The molecule has 0 radical (unpaired) electrons. The zero-order valence-corrected chi connectivity index (χ0v) is 19.5. The predicted octanol–water partition coefficient (Wildman–Crippen LogP) is 4.28. The number of amides is 1. The number of carbonyl (C=O) groups is 1. The highest BCUT2D eigenvalue weighted by molar-refractivity contribution is 6.33. The predicted molar refractivity (Wildman–Crippen MR) is 126 cm³/mol. The van der Waals surface area contributed by atoms with E-state index in [1.54, 1.807) is 36.3 Å². The first-order valence-electron chi connectivity index (χ1n) is 10.9. The van der Waals surface area contributed by atoms with Crippen LogP contribution in [-0.4, -0.2) is 54.1 Å². The summed E-state index contributed by atoms with van der Waals surface area (Å²) in [4.78, 5) is 26.2. The van der Waals surface area contributed by atoms with E-state index in [0.29, 0.717) is 61.2 Å². The Morgan fingerprint density at radius 1 is 1.06 bits per heavy atom. The number of benzene rings is 2. The first kappa shape index (κ1) is 23.1. The zero-order valence-electron chi connectivity index (χ0n) is 18.7. The third kappa shape index (κ3) is 5.15. The van der Waals surface area contributed by atoms with Crippen molar-refractivity contribution in [2.24, 2.45) is 0 Å². The van der Waals surface area contributed by atoms with Gasteiger partial charge in [0.25, 0.3) is 5.91 Å². The van der Waals surface area contributed by atoms with E-state index in [-0.39, 0.29) is 11.7 Å². The first-order valence-corrected chi connectivity index (χ1v) is 11.2. The highest BCUT2D eigenvalue weighted by Crippen LogP contribution is 2.27. The monoisotopic (exact) mass is 468 g/mol. The van der Waals surface area contributed by atoms with Crippen LogP contribution in [0.1, 0.15) is 33.0 Å². The van der Waals surface area contributed by atoms with Crippen molar-refractivity contribution in [1.82, 2.24) is 14.9 Å². The highest BCUT2D eigenvalue weighted by atomic mass is 35.5. The van der Waals surface area contributed by atoms with E-state index < -0.39 is 0 Å². The Morgan fingerprint density at radius 3 is 2.45 bits per heavy atom. The number of hydrogen-bond acceptors (Lipinski definition) is 5. The van der Waals surface area contributed by atoms with Crippen molar-refractivity contribution < 1.29 is 13.9 Å². The van der Waals surface area contributed by atoms with Gasteiger partial charge in [-0.2, -0.15) is 0 Å². The average molecular weight is 469 g/mol. The molecule has 8 heteroatoms. The van der Waals surface area contributed by atoms with Gasteiger partial charge in [-0.25, -0.2) is 14.4 Å². The number of rotatable bonds is 6. The minimum absolute atomic E-state index is 0.0780.